The average molecular weight is 464 g/mol. The molecule has 0 spiro atoms. The third-order valence-corrected chi connectivity index (χ3v) is 8.02. The Labute approximate surface area is 189 Å². The van der Waals surface area contributed by atoms with Crippen molar-refractivity contribution in [2.24, 2.45) is 5.92 Å². The van der Waals surface area contributed by atoms with Crippen LogP contribution in [0.25, 0.3) is 11.3 Å². The van der Waals surface area contributed by atoms with E-state index in [0.29, 0.717) is 29.1 Å². The lowest BCUT2D eigenvalue weighted by molar-refractivity contribution is -0.274. The molecule has 2 aromatic heterocycles. The Morgan fingerprint density at radius 3 is 2.52 bits per heavy atom. The number of nitrogens with two attached hydrogens (primary N) is 1. The molecule has 5 aliphatic rings. The van der Waals surface area contributed by atoms with Crippen molar-refractivity contribution in [3.63, 3.8) is 0 Å². The van der Waals surface area contributed by atoms with Crippen LogP contribution >= 0.6 is 0 Å². The van der Waals surface area contributed by atoms with Crippen LogP contribution in [-0.2, 0) is 0 Å². The molecule has 1 unspecified atom stereocenters. The number of likely N-dealkylation sites (tertiary alicyclic amines) is 1. The fourth-order valence-corrected chi connectivity index (χ4v) is 6.22. The van der Waals surface area contributed by atoms with E-state index in [4.69, 9.17) is 10.7 Å². The summed E-state index contributed by atoms with van der Waals surface area (Å²) in [6.45, 7) is 1.90. The number of alkyl halides is 3. The molecule has 7 rings (SSSR count). The summed E-state index contributed by atoms with van der Waals surface area (Å²) in [5, 5.41) is 9.89. The molecule has 4 saturated carbocycles. The number of aliphatic hydroxyl groups is 1. The largest absolute Gasteiger partial charge is 0.573 e. The number of anilines is 1. The van der Waals surface area contributed by atoms with E-state index >= 15 is 0 Å². The number of aliphatic hydroxyl groups excluding tert-OH is 1. The van der Waals surface area contributed by atoms with Crippen molar-refractivity contribution in [2.45, 2.75) is 74.9 Å². The molecule has 5 fully saturated rings. The van der Waals surface area contributed by atoms with Crippen LogP contribution in [0.5, 0.6) is 5.75 Å². The van der Waals surface area contributed by atoms with E-state index in [1.54, 1.807) is 0 Å². The fourth-order valence-electron chi connectivity index (χ4n) is 6.22. The summed E-state index contributed by atoms with van der Waals surface area (Å²) in [5.74, 6) is 1.22. The van der Waals surface area contributed by atoms with E-state index < -0.39 is 12.1 Å². The number of aromatic nitrogens is 3. The van der Waals surface area contributed by atoms with Crippen LogP contribution < -0.4 is 10.5 Å². The smallest absolute Gasteiger partial charge is 0.402 e. The minimum Gasteiger partial charge on any atom is -0.402 e. The SMILES string of the molecule is Nc1ncc(-c2cn(C3CC4(N5CCC(O)CC5)CC3C4)c(C3CC3)n2)cc1OC(F)(F)F. The summed E-state index contributed by atoms with van der Waals surface area (Å²) in [7, 11) is 0. The maximum Gasteiger partial charge on any atom is 0.573 e. The number of piperidine rings is 1. The summed E-state index contributed by atoms with van der Waals surface area (Å²) in [4.78, 5) is 11.3. The van der Waals surface area contributed by atoms with Gasteiger partial charge in [0.25, 0.3) is 0 Å². The fraction of sp³-hybridized carbons (Fsp3) is 0.652. The Morgan fingerprint density at radius 1 is 1.12 bits per heavy atom. The van der Waals surface area contributed by atoms with Crippen LogP contribution in [0.4, 0.5) is 19.0 Å². The highest BCUT2D eigenvalue weighted by Crippen LogP contribution is 2.61. The minimum atomic E-state index is -4.84. The number of imidazole rings is 1. The Balaban J connectivity index is 1.28. The molecule has 0 amide bonds. The summed E-state index contributed by atoms with van der Waals surface area (Å²) >= 11 is 0. The Kier molecular flexibility index (Phi) is 4.72. The zero-order valence-electron chi connectivity index (χ0n) is 18.3. The number of ether oxygens (including phenoxy) is 1. The van der Waals surface area contributed by atoms with Gasteiger partial charge < -0.3 is 20.1 Å². The number of pyridine rings is 1. The third kappa shape index (κ3) is 3.77. The van der Waals surface area contributed by atoms with Crippen molar-refractivity contribution in [3.05, 3.63) is 24.3 Å². The van der Waals surface area contributed by atoms with Crippen molar-refractivity contribution >= 4 is 5.82 Å². The number of hydrogen-bond donors (Lipinski definition) is 2. The van der Waals surface area contributed by atoms with E-state index in [1.807, 2.05) is 6.20 Å². The van der Waals surface area contributed by atoms with Gasteiger partial charge in [-0.25, -0.2) is 9.97 Å². The predicted octanol–water partition coefficient (Wildman–Crippen LogP) is 3.85. The van der Waals surface area contributed by atoms with E-state index in [-0.39, 0.29) is 17.5 Å². The predicted molar refractivity (Wildman–Crippen MR) is 114 cm³/mol. The molecule has 7 nitrogen and oxygen atoms in total. The van der Waals surface area contributed by atoms with Gasteiger partial charge in [0.05, 0.1) is 11.8 Å². The lowest BCUT2D eigenvalue weighted by Gasteiger charge is -2.49. The van der Waals surface area contributed by atoms with Gasteiger partial charge in [-0.05, 0) is 56.9 Å². The zero-order chi connectivity index (χ0) is 23.0. The van der Waals surface area contributed by atoms with Crippen LogP contribution in [0.1, 0.15) is 62.7 Å². The maximum absolute atomic E-state index is 12.8. The number of halogens is 3. The molecule has 178 valence electrons. The van der Waals surface area contributed by atoms with Gasteiger partial charge in [0, 0.05) is 48.5 Å². The number of hydrogen-bond acceptors (Lipinski definition) is 6. The first-order chi connectivity index (χ1) is 15.7. The van der Waals surface area contributed by atoms with Crippen LogP contribution in [-0.4, -0.2) is 55.6 Å². The molecular weight excluding hydrogens is 435 g/mol. The topological polar surface area (TPSA) is 89.4 Å². The molecule has 1 aliphatic heterocycles. The molecule has 0 radical (unpaired) electrons. The minimum absolute atomic E-state index is 0.178. The molecular formula is C23H28F3N5O2. The molecule has 3 N–H and O–H groups in total. The zero-order valence-corrected chi connectivity index (χ0v) is 18.3. The van der Waals surface area contributed by atoms with Crippen molar-refractivity contribution in [3.8, 4) is 17.0 Å². The first-order valence-corrected chi connectivity index (χ1v) is 11.7. The van der Waals surface area contributed by atoms with Gasteiger partial charge in [-0.2, -0.15) is 0 Å². The summed E-state index contributed by atoms with van der Waals surface area (Å²) in [6.07, 6.45) is 5.67. The molecule has 10 heteroatoms. The van der Waals surface area contributed by atoms with Gasteiger partial charge in [0.2, 0.25) is 0 Å². The van der Waals surface area contributed by atoms with Crippen molar-refractivity contribution in [1.82, 2.24) is 19.4 Å². The molecule has 2 bridgehead atoms. The maximum atomic E-state index is 12.8. The second-order valence-corrected chi connectivity index (χ2v) is 10.2. The number of rotatable bonds is 5. The summed E-state index contributed by atoms with van der Waals surface area (Å²) in [6, 6.07) is 1.62. The van der Waals surface area contributed by atoms with E-state index in [2.05, 4.69) is 19.2 Å². The van der Waals surface area contributed by atoms with Crippen LogP contribution in [0.3, 0.4) is 0 Å². The molecule has 33 heavy (non-hydrogen) atoms. The quantitative estimate of drug-likeness (QED) is 0.700. The molecule has 2 aromatic rings. The molecule has 3 heterocycles. The second kappa shape index (κ2) is 7.33. The summed E-state index contributed by atoms with van der Waals surface area (Å²) < 4.78 is 44.6. The third-order valence-electron chi connectivity index (χ3n) is 8.02. The number of fused-ring (bicyclic) bond motifs is 1. The highest BCUT2D eigenvalue weighted by Gasteiger charge is 2.60. The lowest BCUT2D eigenvalue weighted by atomic mass is 9.74. The van der Waals surface area contributed by atoms with Gasteiger partial charge in [0.15, 0.2) is 11.6 Å². The lowest BCUT2D eigenvalue weighted by Crippen LogP contribution is -2.55. The second-order valence-electron chi connectivity index (χ2n) is 10.2. The van der Waals surface area contributed by atoms with E-state index in [9.17, 15) is 18.3 Å². The summed E-state index contributed by atoms with van der Waals surface area (Å²) in [5.41, 5.74) is 6.90. The first-order valence-electron chi connectivity index (χ1n) is 11.7. The van der Waals surface area contributed by atoms with E-state index in [0.717, 1.165) is 51.0 Å². The van der Waals surface area contributed by atoms with Crippen molar-refractivity contribution < 1.29 is 23.0 Å². The Morgan fingerprint density at radius 2 is 1.85 bits per heavy atom. The van der Waals surface area contributed by atoms with Crippen LogP contribution in [0.15, 0.2) is 18.5 Å². The number of nitrogen functional groups attached to an aromatic ring is 1. The monoisotopic (exact) mass is 463 g/mol. The molecule has 1 saturated heterocycles. The van der Waals surface area contributed by atoms with E-state index in [1.165, 1.54) is 25.1 Å². The van der Waals surface area contributed by atoms with Crippen LogP contribution in [0.2, 0.25) is 0 Å². The van der Waals surface area contributed by atoms with Gasteiger partial charge >= 0.3 is 6.36 Å². The first kappa shape index (κ1) is 21.2. The molecule has 0 aromatic carbocycles. The highest BCUT2D eigenvalue weighted by atomic mass is 19.4. The molecule has 1 atom stereocenters. The molecule has 4 aliphatic carbocycles. The van der Waals surface area contributed by atoms with Crippen LogP contribution in [0, 0.1) is 5.92 Å². The van der Waals surface area contributed by atoms with Gasteiger partial charge in [-0.1, -0.05) is 0 Å². The normalized spacial score (nSPS) is 30.4. The Hall–Kier alpha value is -2.33. The van der Waals surface area contributed by atoms with Crippen molar-refractivity contribution in [1.29, 1.82) is 0 Å². The standard InChI is InChI=1S/C23H28F3N5O2/c24-23(25,26)33-19-7-14(11-28-20(19)27)17-12-31(21(29-17)13-1-2-13)18-10-22(8-15(18)9-22)30-5-3-16(32)4-6-30/h7,11-13,15-16,18,32H,1-6,8-10H2,(H2,27,28). The highest BCUT2D eigenvalue weighted by molar-refractivity contribution is 5.64. The van der Waals surface area contributed by atoms with Crippen molar-refractivity contribution in [2.75, 3.05) is 18.8 Å². The van der Waals surface area contributed by atoms with Gasteiger partial charge in [0.1, 0.15) is 5.82 Å². The average Bonchev–Trinajstić information content (AvgIpc) is 3.21. The Bertz CT molecular complexity index is 1050. The van der Waals surface area contributed by atoms with Gasteiger partial charge in [-0.15, -0.1) is 13.2 Å². The number of nitrogens with zero attached hydrogens (tertiary/aromatic N) is 4. The van der Waals surface area contributed by atoms with Gasteiger partial charge in [-0.3, -0.25) is 4.90 Å².